The van der Waals surface area contributed by atoms with Gasteiger partial charge in [0, 0.05) is 43.3 Å². The monoisotopic (exact) mass is 391 g/mol. The first kappa shape index (κ1) is 18.7. The van der Waals surface area contributed by atoms with E-state index in [0.717, 1.165) is 38.0 Å². The van der Waals surface area contributed by atoms with E-state index < -0.39 is 0 Å². The molecule has 7 nitrogen and oxygen atoms in total. The fourth-order valence-corrected chi connectivity index (χ4v) is 4.39. The molecule has 1 aromatic carbocycles. The first-order chi connectivity index (χ1) is 13.1. The average molecular weight is 392 g/mol. The second-order valence-electron chi connectivity index (χ2n) is 7.53. The molecule has 0 aliphatic carbocycles. The summed E-state index contributed by atoms with van der Waals surface area (Å²) in [5.74, 6) is 0.259. The molecular formula is C19H26ClN5O2. The molecule has 146 valence electrons. The Morgan fingerprint density at radius 2 is 1.96 bits per heavy atom. The third-order valence-electron chi connectivity index (χ3n) is 5.75. The summed E-state index contributed by atoms with van der Waals surface area (Å²) in [5.41, 5.74) is 7.50. The highest BCUT2D eigenvalue weighted by molar-refractivity contribution is 6.30. The molecule has 27 heavy (non-hydrogen) atoms. The van der Waals surface area contributed by atoms with Gasteiger partial charge in [-0.3, -0.25) is 9.59 Å². The molecule has 0 spiro atoms. The smallest absolute Gasteiger partial charge is 0.241 e. The van der Waals surface area contributed by atoms with Crippen LogP contribution >= 0.6 is 11.6 Å². The number of benzene rings is 1. The molecule has 3 N–H and O–H groups in total. The number of hydrazine groups is 1. The van der Waals surface area contributed by atoms with Crippen molar-refractivity contribution in [3.63, 3.8) is 0 Å². The lowest BCUT2D eigenvalue weighted by atomic mass is 9.99. The van der Waals surface area contributed by atoms with Gasteiger partial charge in [-0.1, -0.05) is 23.7 Å². The van der Waals surface area contributed by atoms with Gasteiger partial charge >= 0.3 is 0 Å². The predicted octanol–water partition coefficient (Wildman–Crippen LogP) is 0.670. The van der Waals surface area contributed by atoms with Crippen molar-refractivity contribution >= 4 is 23.4 Å². The van der Waals surface area contributed by atoms with Gasteiger partial charge < -0.3 is 15.1 Å². The number of nitrogens with one attached hydrogen (secondary N) is 3. The summed E-state index contributed by atoms with van der Waals surface area (Å²) in [5, 5.41) is 3.82. The molecule has 8 heteroatoms. The van der Waals surface area contributed by atoms with Crippen LogP contribution in [0.5, 0.6) is 0 Å². The van der Waals surface area contributed by atoms with Gasteiger partial charge in [0.05, 0.1) is 6.54 Å². The zero-order chi connectivity index (χ0) is 18.8. The van der Waals surface area contributed by atoms with Gasteiger partial charge in [0.2, 0.25) is 11.8 Å². The molecule has 3 heterocycles. The summed E-state index contributed by atoms with van der Waals surface area (Å²) in [6, 6.07) is 7.69. The van der Waals surface area contributed by atoms with Crippen LogP contribution in [-0.2, 0) is 9.59 Å². The Hall–Kier alpha value is -1.67. The fourth-order valence-electron chi connectivity index (χ4n) is 4.27. The van der Waals surface area contributed by atoms with Gasteiger partial charge in [-0.15, -0.1) is 0 Å². The van der Waals surface area contributed by atoms with Gasteiger partial charge in [0.15, 0.2) is 0 Å². The Kier molecular flexibility index (Phi) is 5.63. The van der Waals surface area contributed by atoms with Gasteiger partial charge in [-0.05, 0) is 37.0 Å². The summed E-state index contributed by atoms with van der Waals surface area (Å²) >= 11 is 5.96. The summed E-state index contributed by atoms with van der Waals surface area (Å²) in [7, 11) is 0. The molecular weight excluding hydrogens is 366 g/mol. The van der Waals surface area contributed by atoms with Crippen molar-refractivity contribution in [2.45, 2.75) is 37.4 Å². The molecule has 0 aromatic heterocycles. The minimum Gasteiger partial charge on any atom is -0.339 e. The molecule has 0 radical (unpaired) electrons. The van der Waals surface area contributed by atoms with Crippen LogP contribution in [0.15, 0.2) is 24.3 Å². The molecule has 3 unspecified atom stereocenters. The Labute approximate surface area is 164 Å². The molecule has 3 saturated heterocycles. The molecule has 3 atom stereocenters. The highest BCUT2D eigenvalue weighted by atomic mass is 35.5. The van der Waals surface area contributed by atoms with Gasteiger partial charge in [-0.25, -0.2) is 10.9 Å². The average Bonchev–Trinajstić information content (AvgIpc) is 3.18. The Bertz CT molecular complexity index is 698. The van der Waals surface area contributed by atoms with Crippen molar-refractivity contribution < 1.29 is 9.59 Å². The molecule has 4 rings (SSSR count). The van der Waals surface area contributed by atoms with E-state index in [9.17, 15) is 9.59 Å². The van der Waals surface area contributed by atoms with Crippen LogP contribution in [-0.4, -0.2) is 66.4 Å². The molecule has 2 amide bonds. The van der Waals surface area contributed by atoms with E-state index in [4.69, 9.17) is 11.6 Å². The van der Waals surface area contributed by atoms with Crippen molar-refractivity contribution in [1.82, 2.24) is 26.0 Å². The van der Waals surface area contributed by atoms with Crippen molar-refractivity contribution in [3.8, 4) is 0 Å². The standard InChI is InChI=1S/C19H26ClN5O2/c20-14-5-3-13(4-6-14)16-10-17(23-22-16)19(27)24-8-1-2-15(12-24)25-9-7-21-11-18(25)26/h3-6,15-17,21-23H,1-2,7-12H2. The van der Waals surface area contributed by atoms with Crippen LogP contribution in [0.1, 0.15) is 30.9 Å². The second-order valence-corrected chi connectivity index (χ2v) is 7.96. The number of piperidine rings is 1. The number of carbonyl (C=O) groups excluding carboxylic acids is 2. The first-order valence-electron chi connectivity index (χ1n) is 9.67. The van der Waals surface area contributed by atoms with Crippen molar-refractivity contribution in [1.29, 1.82) is 0 Å². The number of halogens is 1. The van der Waals surface area contributed by atoms with Crippen LogP contribution in [0.3, 0.4) is 0 Å². The Balaban J connectivity index is 1.36. The highest BCUT2D eigenvalue weighted by Crippen LogP contribution is 2.25. The molecule has 0 bridgehead atoms. The third-order valence-corrected chi connectivity index (χ3v) is 6.00. The summed E-state index contributed by atoms with van der Waals surface area (Å²) in [6.45, 7) is 3.36. The number of hydrogen-bond donors (Lipinski definition) is 3. The number of likely N-dealkylation sites (tertiary alicyclic amines) is 1. The van der Waals surface area contributed by atoms with E-state index >= 15 is 0 Å². The lowest BCUT2D eigenvalue weighted by Gasteiger charge is -2.41. The highest BCUT2D eigenvalue weighted by Gasteiger charge is 2.37. The van der Waals surface area contributed by atoms with Gasteiger partial charge in [-0.2, -0.15) is 0 Å². The van der Waals surface area contributed by atoms with E-state index in [-0.39, 0.29) is 29.9 Å². The van der Waals surface area contributed by atoms with Crippen LogP contribution < -0.4 is 16.2 Å². The molecule has 3 fully saturated rings. The van der Waals surface area contributed by atoms with E-state index in [2.05, 4.69) is 16.2 Å². The Morgan fingerprint density at radius 1 is 1.15 bits per heavy atom. The van der Waals surface area contributed by atoms with Gasteiger partial charge in [0.25, 0.3) is 0 Å². The van der Waals surface area contributed by atoms with Gasteiger partial charge in [0.1, 0.15) is 6.04 Å². The maximum absolute atomic E-state index is 13.0. The quantitative estimate of drug-likeness (QED) is 0.706. The number of hydrogen-bond acceptors (Lipinski definition) is 5. The topological polar surface area (TPSA) is 76.7 Å². The number of amides is 2. The van der Waals surface area contributed by atoms with E-state index in [1.54, 1.807) is 0 Å². The Morgan fingerprint density at radius 3 is 2.74 bits per heavy atom. The number of piperazine rings is 1. The van der Waals surface area contributed by atoms with E-state index in [0.29, 0.717) is 24.5 Å². The second kappa shape index (κ2) is 8.14. The number of nitrogens with zero attached hydrogens (tertiary/aromatic N) is 2. The zero-order valence-electron chi connectivity index (χ0n) is 15.3. The maximum Gasteiger partial charge on any atom is 0.241 e. The van der Waals surface area contributed by atoms with Crippen molar-refractivity contribution in [2.24, 2.45) is 0 Å². The summed E-state index contributed by atoms with van der Waals surface area (Å²) in [4.78, 5) is 29.1. The van der Waals surface area contributed by atoms with E-state index in [1.165, 1.54) is 0 Å². The third kappa shape index (κ3) is 4.11. The van der Waals surface area contributed by atoms with Crippen molar-refractivity contribution in [2.75, 3.05) is 32.7 Å². The lowest BCUT2D eigenvalue weighted by Crippen LogP contribution is -2.59. The molecule has 3 aliphatic heterocycles. The minimum absolute atomic E-state index is 0.0894. The van der Waals surface area contributed by atoms with Crippen LogP contribution in [0.4, 0.5) is 0 Å². The SMILES string of the molecule is O=C(C1CC(c2ccc(Cl)cc2)NN1)N1CCCC(N2CCNCC2=O)C1. The van der Waals surface area contributed by atoms with Crippen molar-refractivity contribution in [3.05, 3.63) is 34.9 Å². The summed E-state index contributed by atoms with van der Waals surface area (Å²) < 4.78 is 0. The molecule has 3 aliphatic rings. The predicted molar refractivity (Wildman–Crippen MR) is 103 cm³/mol. The largest absolute Gasteiger partial charge is 0.339 e. The number of rotatable bonds is 3. The van der Waals surface area contributed by atoms with E-state index in [1.807, 2.05) is 34.1 Å². The maximum atomic E-state index is 13.0. The molecule has 0 saturated carbocycles. The van der Waals surface area contributed by atoms with Crippen LogP contribution in [0.25, 0.3) is 0 Å². The first-order valence-corrected chi connectivity index (χ1v) is 10.0. The van der Waals surface area contributed by atoms with Crippen LogP contribution in [0, 0.1) is 0 Å². The zero-order valence-corrected chi connectivity index (χ0v) is 16.0. The molecule has 1 aromatic rings. The lowest BCUT2D eigenvalue weighted by molar-refractivity contribution is -0.141. The number of carbonyl (C=O) groups is 2. The fraction of sp³-hybridized carbons (Fsp3) is 0.579. The summed E-state index contributed by atoms with van der Waals surface area (Å²) in [6.07, 6.45) is 2.61. The minimum atomic E-state index is -0.247. The normalized spacial score (nSPS) is 29.2. The van der Waals surface area contributed by atoms with Crippen LogP contribution in [0.2, 0.25) is 5.02 Å².